The minimum absolute atomic E-state index is 0.341. The summed E-state index contributed by atoms with van der Waals surface area (Å²) in [6.07, 6.45) is -0.341. The van der Waals surface area contributed by atoms with Crippen molar-refractivity contribution >= 4 is 43.2 Å². The van der Waals surface area contributed by atoms with Crippen molar-refractivity contribution in [3.63, 3.8) is 0 Å². The molecule has 204 valence electrons. The molecule has 8 rings (SSSR count). The van der Waals surface area contributed by atoms with Crippen LogP contribution in [0.3, 0.4) is 0 Å². The maximum Gasteiger partial charge on any atom is 0.169 e. The van der Waals surface area contributed by atoms with Crippen LogP contribution in [-0.4, -0.2) is 11.7 Å². The summed E-state index contributed by atoms with van der Waals surface area (Å²) >= 11 is 1.85. The van der Waals surface area contributed by atoms with Crippen molar-refractivity contribution in [1.82, 2.24) is 5.32 Å². The summed E-state index contributed by atoms with van der Waals surface area (Å²) in [5.41, 5.74) is 7.90. The van der Waals surface area contributed by atoms with E-state index in [0.717, 1.165) is 28.4 Å². The molecule has 0 fully saturated rings. The Morgan fingerprint density at radius 2 is 0.907 bits per heavy atom. The molecule has 0 spiro atoms. The van der Waals surface area contributed by atoms with Gasteiger partial charge in [-0.25, -0.2) is 9.98 Å². The number of benzene rings is 6. The third-order valence-corrected chi connectivity index (χ3v) is 9.11. The lowest BCUT2D eigenvalue weighted by Crippen LogP contribution is -2.36. The lowest BCUT2D eigenvalue weighted by Gasteiger charge is -2.22. The van der Waals surface area contributed by atoms with Gasteiger partial charge in [-0.15, -0.1) is 11.3 Å². The molecule has 1 atom stereocenters. The Bertz CT molecular complexity index is 2130. The minimum Gasteiger partial charge on any atom is -0.324 e. The van der Waals surface area contributed by atoms with Crippen molar-refractivity contribution in [1.29, 1.82) is 0 Å². The van der Waals surface area contributed by atoms with Crippen LogP contribution in [0.1, 0.15) is 22.9 Å². The van der Waals surface area contributed by atoms with Gasteiger partial charge in [0, 0.05) is 31.3 Å². The number of hydrogen-bond acceptors (Lipinski definition) is 4. The Labute approximate surface area is 254 Å². The standard InChI is InChI=1S/C39H27N3S/c1-3-9-26(10-4-1)27-15-19-30(20-16-27)38-40-37(29-11-5-2-6-12-29)41-39(42-38)31-21-17-28(18-22-31)32-23-24-34-33-13-7-8-14-35(33)43-36(34)25-32/h1-25,38H,(H,40,41,42). The van der Waals surface area contributed by atoms with E-state index in [1.54, 1.807) is 0 Å². The lowest BCUT2D eigenvalue weighted by molar-refractivity contribution is 0.756. The zero-order valence-electron chi connectivity index (χ0n) is 23.3. The van der Waals surface area contributed by atoms with Crippen LogP contribution in [0.25, 0.3) is 42.4 Å². The number of amidine groups is 2. The first kappa shape index (κ1) is 25.4. The summed E-state index contributed by atoms with van der Waals surface area (Å²) in [7, 11) is 0. The molecule has 1 aliphatic rings. The van der Waals surface area contributed by atoms with E-state index in [4.69, 9.17) is 9.98 Å². The van der Waals surface area contributed by atoms with Crippen LogP contribution >= 0.6 is 11.3 Å². The number of nitrogens with zero attached hydrogens (tertiary/aromatic N) is 2. The van der Waals surface area contributed by atoms with Gasteiger partial charge in [0.1, 0.15) is 11.7 Å². The molecular formula is C39H27N3S. The lowest BCUT2D eigenvalue weighted by atomic mass is 10.0. The van der Waals surface area contributed by atoms with Gasteiger partial charge in [-0.05, 0) is 39.9 Å². The van der Waals surface area contributed by atoms with E-state index in [-0.39, 0.29) is 6.17 Å². The Hall–Kier alpha value is -5.32. The highest BCUT2D eigenvalue weighted by atomic mass is 32.1. The van der Waals surface area contributed by atoms with E-state index < -0.39 is 0 Å². The topological polar surface area (TPSA) is 36.8 Å². The van der Waals surface area contributed by atoms with Crippen LogP contribution in [0.15, 0.2) is 162 Å². The van der Waals surface area contributed by atoms with E-state index in [0.29, 0.717) is 0 Å². The van der Waals surface area contributed by atoms with Crippen molar-refractivity contribution < 1.29 is 0 Å². The SMILES string of the molecule is c1ccc(C2=NC(c3ccc(-c4ccccc4)cc3)N=C(c3ccc(-c4ccc5c(c4)sc4ccccc45)cc3)N2)cc1. The fraction of sp³-hybridized carbons (Fsp3) is 0.0256. The van der Waals surface area contributed by atoms with Crippen LogP contribution in [0.5, 0.6) is 0 Å². The van der Waals surface area contributed by atoms with Gasteiger partial charge in [0.25, 0.3) is 0 Å². The molecule has 2 heterocycles. The maximum atomic E-state index is 5.09. The number of hydrogen-bond donors (Lipinski definition) is 1. The number of rotatable bonds is 5. The molecule has 6 aromatic carbocycles. The highest BCUT2D eigenvalue weighted by Crippen LogP contribution is 2.36. The zero-order chi connectivity index (χ0) is 28.6. The van der Waals surface area contributed by atoms with E-state index in [1.807, 2.05) is 35.6 Å². The normalized spacial score (nSPS) is 14.7. The fourth-order valence-electron chi connectivity index (χ4n) is 5.69. The highest BCUT2D eigenvalue weighted by Gasteiger charge is 2.21. The summed E-state index contributed by atoms with van der Waals surface area (Å²) in [6, 6.07) is 53.4. The summed E-state index contributed by atoms with van der Waals surface area (Å²) < 4.78 is 2.64. The first-order valence-electron chi connectivity index (χ1n) is 14.4. The van der Waals surface area contributed by atoms with E-state index in [9.17, 15) is 0 Å². The molecule has 1 aromatic heterocycles. The van der Waals surface area contributed by atoms with E-state index >= 15 is 0 Å². The zero-order valence-corrected chi connectivity index (χ0v) is 24.1. The van der Waals surface area contributed by atoms with Crippen molar-refractivity contribution in [2.45, 2.75) is 6.17 Å². The molecule has 43 heavy (non-hydrogen) atoms. The predicted octanol–water partition coefficient (Wildman–Crippen LogP) is 9.88. The van der Waals surface area contributed by atoms with Crippen molar-refractivity contribution in [3.05, 3.63) is 168 Å². The van der Waals surface area contributed by atoms with Gasteiger partial charge in [-0.1, -0.05) is 140 Å². The van der Waals surface area contributed by atoms with Gasteiger partial charge in [0.15, 0.2) is 6.17 Å². The molecular weight excluding hydrogens is 543 g/mol. The quantitative estimate of drug-likeness (QED) is 0.220. The van der Waals surface area contributed by atoms with Gasteiger partial charge in [0.2, 0.25) is 0 Å². The van der Waals surface area contributed by atoms with Crippen molar-refractivity contribution in [3.8, 4) is 22.3 Å². The van der Waals surface area contributed by atoms with Gasteiger partial charge < -0.3 is 5.32 Å². The molecule has 1 aliphatic heterocycles. The van der Waals surface area contributed by atoms with E-state index in [2.05, 4.69) is 133 Å². The minimum atomic E-state index is -0.341. The number of nitrogens with one attached hydrogen (secondary N) is 1. The molecule has 0 saturated carbocycles. The number of aliphatic imine (C=N–C) groups is 2. The predicted molar refractivity (Wildman–Crippen MR) is 182 cm³/mol. The second kappa shape index (κ2) is 10.8. The Kier molecular flexibility index (Phi) is 6.39. The average Bonchev–Trinajstić information content (AvgIpc) is 3.47. The first-order valence-corrected chi connectivity index (χ1v) is 15.3. The van der Waals surface area contributed by atoms with Crippen LogP contribution in [-0.2, 0) is 0 Å². The molecule has 0 saturated heterocycles. The fourth-order valence-corrected chi connectivity index (χ4v) is 6.84. The van der Waals surface area contributed by atoms with Crippen molar-refractivity contribution in [2.24, 2.45) is 9.98 Å². The largest absolute Gasteiger partial charge is 0.324 e. The molecule has 4 heteroatoms. The number of fused-ring (bicyclic) bond motifs is 3. The van der Waals surface area contributed by atoms with Crippen LogP contribution in [0.4, 0.5) is 0 Å². The van der Waals surface area contributed by atoms with Crippen molar-refractivity contribution in [2.75, 3.05) is 0 Å². The summed E-state index contributed by atoms with van der Waals surface area (Å²) in [5, 5.41) is 6.16. The van der Waals surface area contributed by atoms with Crippen LogP contribution in [0, 0.1) is 0 Å². The first-order chi connectivity index (χ1) is 21.3. The molecule has 1 N–H and O–H groups in total. The third kappa shape index (κ3) is 4.92. The molecule has 1 unspecified atom stereocenters. The van der Waals surface area contributed by atoms with Gasteiger partial charge in [-0.2, -0.15) is 0 Å². The molecule has 7 aromatic rings. The van der Waals surface area contributed by atoms with Crippen LogP contribution in [0.2, 0.25) is 0 Å². The number of thiophene rings is 1. The maximum absolute atomic E-state index is 5.09. The highest BCUT2D eigenvalue weighted by molar-refractivity contribution is 7.25. The van der Waals surface area contributed by atoms with Gasteiger partial charge in [-0.3, -0.25) is 0 Å². The monoisotopic (exact) mass is 569 g/mol. The summed E-state index contributed by atoms with van der Waals surface area (Å²) in [5.74, 6) is 1.64. The molecule has 0 aliphatic carbocycles. The van der Waals surface area contributed by atoms with Gasteiger partial charge in [0.05, 0.1) is 0 Å². The Morgan fingerprint density at radius 3 is 1.63 bits per heavy atom. The van der Waals surface area contributed by atoms with Crippen LogP contribution < -0.4 is 5.32 Å². The van der Waals surface area contributed by atoms with Gasteiger partial charge >= 0.3 is 0 Å². The summed E-state index contributed by atoms with van der Waals surface area (Å²) in [6.45, 7) is 0. The second-order valence-corrected chi connectivity index (χ2v) is 11.8. The Morgan fingerprint density at radius 1 is 0.419 bits per heavy atom. The second-order valence-electron chi connectivity index (χ2n) is 10.7. The summed E-state index contributed by atoms with van der Waals surface area (Å²) in [4.78, 5) is 10.1. The molecule has 3 nitrogen and oxygen atoms in total. The Balaban J connectivity index is 1.12. The van der Waals surface area contributed by atoms with E-state index in [1.165, 1.54) is 42.4 Å². The molecule has 0 amide bonds. The smallest absolute Gasteiger partial charge is 0.169 e. The molecule has 0 radical (unpaired) electrons. The molecule has 0 bridgehead atoms. The third-order valence-electron chi connectivity index (χ3n) is 7.97. The average molecular weight is 570 g/mol.